The summed E-state index contributed by atoms with van der Waals surface area (Å²) in [4.78, 5) is 11.1. The number of halogens is 1. The Hall–Kier alpha value is -2.56. The van der Waals surface area contributed by atoms with Crippen LogP contribution in [0.15, 0.2) is 36.4 Å². The van der Waals surface area contributed by atoms with E-state index in [2.05, 4.69) is 0 Å². The van der Waals surface area contributed by atoms with Crippen molar-refractivity contribution in [3.63, 3.8) is 0 Å². The average molecular weight is 276 g/mol. The van der Waals surface area contributed by atoms with Crippen LogP contribution in [0.1, 0.15) is 10.4 Å². The van der Waals surface area contributed by atoms with Crippen molar-refractivity contribution in [2.75, 3.05) is 14.2 Å². The van der Waals surface area contributed by atoms with E-state index < -0.39 is 11.8 Å². The van der Waals surface area contributed by atoms with E-state index in [1.165, 1.54) is 32.4 Å². The van der Waals surface area contributed by atoms with Crippen molar-refractivity contribution in [3.05, 3.63) is 47.8 Å². The SMILES string of the molecule is COc1cc(C(=O)O)cc(-c2ccccc2F)c1OC. The van der Waals surface area contributed by atoms with E-state index >= 15 is 0 Å². The van der Waals surface area contributed by atoms with E-state index in [1.807, 2.05) is 0 Å². The van der Waals surface area contributed by atoms with Gasteiger partial charge in [0.25, 0.3) is 0 Å². The van der Waals surface area contributed by atoms with Crippen molar-refractivity contribution >= 4 is 5.97 Å². The third-order valence-electron chi connectivity index (χ3n) is 2.89. The number of rotatable bonds is 4. The molecule has 1 N–H and O–H groups in total. The second-order valence-corrected chi connectivity index (χ2v) is 4.04. The maximum absolute atomic E-state index is 13.9. The van der Waals surface area contributed by atoms with Crippen molar-refractivity contribution in [1.29, 1.82) is 0 Å². The lowest BCUT2D eigenvalue weighted by molar-refractivity contribution is 0.0696. The molecule has 0 radical (unpaired) electrons. The van der Waals surface area contributed by atoms with Crippen LogP contribution in [0.5, 0.6) is 11.5 Å². The summed E-state index contributed by atoms with van der Waals surface area (Å²) in [5.74, 6) is -1.05. The summed E-state index contributed by atoms with van der Waals surface area (Å²) in [5, 5.41) is 9.12. The maximum Gasteiger partial charge on any atom is 0.335 e. The average Bonchev–Trinajstić information content (AvgIpc) is 2.46. The van der Waals surface area contributed by atoms with Crippen molar-refractivity contribution in [2.24, 2.45) is 0 Å². The first kappa shape index (κ1) is 13.9. The smallest absolute Gasteiger partial charge is 0.335 e. The highest BCUT2D eigenvalue weighted by molar-refractivity contribution is 5.92. The van der Waals surface area contributed by atoms with Gasteiger partial charge in [-0.25, -0.2) is 9.18 Å². The molecule has 0 spiro atoms. The molecule has 2 rings (SSSR count). The van der Waals surface area contributed by atoms with Gasteiger partial charge >= 0.3 is 5.97 Å². The number of benzene rings is 2. The zero-order valence-electron chi connectivity index (χ0n) is 11.0. The molecule has 0 unspecified atom stereocenters. The topological polar surface area (TPSA) is 55.8 Å². The van der Waals surface area contributed by atoms with E-state index in [1.54, 1.807) is 18.2 Å². The van der Waals surface area contributed by atoms with Crippen LogP contribution in [0, 0.1) is 5.82 Å². The molecule has 4 nitrogen and oxygen atoms in total. The van der Waals surface area contributed by atoms with E-state index in [4.69, 9.17) is 14.6 Å². The second-order valence-electron chi connectivity index (χ2n) is 4.04. The first-order valence-corrected chi connectivity index (χ1v) is 5.82. The second kappa shape index (κ2) is 5.61. The number of ether oxygens (including phenoxy) is 2. The maximum atomic E-state index is 13.9. The monoisotopic (exact) mass is 276 g/mol. The zero-order chi connectivity index (χ0) is 14.7. The number of carboxylic acid groups (broad SMARTS) is 1. The Bertz CT molecular complexity index is 652. The molecule has 104 valence electrons. The highest BCUT2D eigenvalue weighted by atomic mass is 19.1. The first-order chi connectivity index (χ1) is 9.58. The Morgan fingerprint density at radius 1 is 1.10 bits per heavy atom. The van der Waals surface area contributed by atoms with Gasteiger partial charge < -0.3 is 14.6 Å². The van der Waals surface area contributed by atoms with E-state index in [-0.39, 0.29) is 16.9 Å². The van der Waals surface area contributed by atoms with Gasteiger partial charge in [0.2, 0.25) is 0 Å². The Kier molecular flexibility index (Phi) is 3.89. The molecule has 0 amide bonds. The number of methoxy groups -OCH3 is 2. The van der Waals surface area contributed by atoms with Gasteiger partial charge in [-0.2, -0.15) is 0 Å². The van der Waals surface area contributed by atoms with Crippen LogP contribution in [0.4, 0.5) is 4.39 Å². The first-order valence-electron chi connectivity index (χ1n) is 5.82. The summed E-state index contributed by atoms with van der Waals surface area (Å²) in [7, 11) is 2.82. The van der Waals surface area contributed by atoms with Gasteiger partial charge in [0.15, 0.2) is 11.5 Å². The molecular weight excluding hydrogens is 263 g/mol. The molecule has 20 heavy (non-hydrogen) atoms. The largest absolute Gasteiger partial charge is 0.493 e. The molecule has 2 aromatic rings. The predicted octanol–water partition coefficient (Wildman–Crippen LogP) is 3.21. The summed E-state index contributed by atoms with van der Waals surface area (Å²) in [6.45, 7) is 0. The van der Waals surface area contributed by atoms with Crippen LogP contribution in [-0.4, -0.2) is 25.3 Å². The van der Waals surface area contributed by atoms with Gasteiger partial charge in [-0.15, -0.1) is 0 Å². The minimum Gasteiger partial charge on any atom is -0.493 e. The third kappa shape index (κ3) is 2.42. The fraction of sp³-hybridized carbons (Fsp3) is 0.133. The fourth-order valence-corrected chi connectivity index (χ4v) is 1.97. The highest BCUT2D eigenvalue weighted by Gasteiger charge is 2.18. The molecule has 0 heterocycles. The number of carboxylic acids is 1. The van der Waals surface area contributed by atoms with Gasteiger partial charge in [0, 0.05) is 11.1 Å². The normalized spacial score (nSPS) is 10.2. The van der Waals surface area contributed by atoms with E-state index in [0.717, 1.165) is 0 Å². The van der Waals surface area contributed by atoms with E-state index in [9.17, 15) is 9.18 Å². The third-order valence-corrected chi connectivity index (χ3v) is 2.89. The predicted molar refractivity (Wildman–Crippen MR) is 71.9 cm³/mol. The quantitative estimate of drug-likeness (QED) is 0.931. The number of hydrogen-bond donors (Lipinski definition) is 1. The minimum atomic E-state index is -1.12. The molecule has 0 aliphatic heterocycles. The van der Waals surface area contributed by atoms with E-state index in [0.29, 0.717) is 11.3 Å². The van der Waals surface area contributed by atoms with Crippen LogP contribution < -0.4 is 9.47 Å². The molecule has 0 aromatic heterocycles. The van der Waals surface area contributed by atoms with Crippen LogP contribution in [0.25, 0.3) is 11.1 Å². The summed E-state index contributed by atoms with van der Waals surface area (Å²) in [6.07, 6.45) is 0. The lowest BCUT2D eigenvalue weighted by atomic mass is 10.0. The van der Waals surface area contributed by atoms with Crippen molar-refractivity contribution in [1.82, 2.24) is 0 Å². The summed E-state index contributed by atoms with van der Waals surface area (Å²) < 4.78 is 24.3. The molecular formula is C15H13FO4. The Morgan fingerprint density at radius 3 is 2.35 bits per heavy atom. The summed E-state index contributed by atoms with van der Waals surface area (Å²) in [5.41, 5.74) is 0.592. The number of hydrogen-bond acceptors (Lipinski definition) is 3. The van der Waals surface area contributed by atoms with Crippen molar-refractivity contribution in [3.8, 4) is 22.6 Å². The Morgan fingerprint density at radius 2 is 1.80 bits per heavy atom. The van der Waals surface area contributed by atoms with Crippen molar-refractivity contribution < 1.29 is 23.8 Å². The highest BCUT2D eigenvalue weighted by Crippen LogP contribution is 2.40. The van der Waals surface area contributed by atoms with Crippen LogP contribution in [0.2, 0.25) is 0 Å². The molecule has 5 heteroatoms. The standard InChI is InChI=1S/C15H13FO4/c1-19-13-8-9(15(17)18)7-11(14(13)20-2)10-5-3-4-6-12(10)16/h3-8H,1-2H3,(H,17,18). The Labute approximate surface area is 115 Å². The molecule has 0 saturated carbocycles. The van der Waals surface area contributed by atoms with Gasteiger partial charge in [-0.3, -0.25) is 0 Å². The number of aromatic carboxylic acids is 1. The molecule has 0 aliphatic rings. The lowest BCUT2D eigenvalue weighted by Crippen LogP contribution is -2.01. The fourth-order valence-electron chi connectivity index (χ4n) is 1.97. The van der Waals surface area contributed by atoms with Gasteiger partial charge in [-0.05, 0) is 18.2 Å². The number of carbonyl (C=O) groups is 1. The minimum absolute atomic E-state index is 0.000836. The van der Waals surface area contributed by atoms with Crippen LogP contribution in [0.3, 0.4) is 0 Å². The molecule has 0 fully saturated rings. The van der Waals surface area contributed by atoms with Gasteiger partial charge in [-0.1, -0.05) is 18.2 Å². The summed E-state index contributed by atoms with van der Waals surface area (Å²) in [6, 6.07) is 8.78. The van der Waals surface area contributed by atoms with Gasteiger partial charge in [0.1, 0.15) is 5.82 Å². The lowest BCUT2D eigenvalue weighted by Gasteiger charge is -2.14. The molecule has 0 saturated heterocycles. The Balaban J connectivity index is 2.76. The molecule has 0 aliphatic carbocycles. The molecule has 0 atom stereocenters. The van der Waals surface area contributed by atoms with Crippen molar-refractivity contribution in [2.45, 2.75) is 0 Å². The molecule has 0 bridgehead atoms. The summed E-state index contributed by atoms with van der Waals surface area (Å²) >= 11 is 0. The van der Waals surface area contributed by atoms with Crippen LogP contribution in [-0.2, 0) is 0 Å². The zero-order valence-corrected chi connectivity index (χ0v) is 11.0. The van der Waals surface area contributed by atoms with Crippen LogP contribution >= 0.6 is 0 Å². The van der Waals surface area contributed by atoms with Gasteiger partial charge in [0.05, 0.1) is 19.8 Å². The molecule has 2 aromatic carbocycles.